The molecule has 0 spiro atoms. The summed E-state index contributed by atoms with van der Waals surface area (Å²) in [7, 11) is 0. The van der Waals surface area contributed by atoms with Crippen molar-refractivity contribution < 1.29 is 22.7 Å². The topological polar surface area (TPSA) is 26.3 Å². The summed E-state index contributed by atoms with van der Waals surface area (Å²) in [5.74, 6) is -0.524. The number of ether oxygens (including phenoxy) is 1. The van der Waals surface area contributed by atoms with E-state index in [4.69, 9.17) is 4.74 Å². The fourth-order valence-corrected chi connectivity index (χ4v) is 1.15. The molecule has 0 atom stereocenters. The Balaban J connectivity index is 2.89. The van der Waals surface area contributed by atoms with Crippen molar-refractivity contribution in [2.75, 3.05) is 6.61 Å². The predicted molar refractivity (Wildman–Crippen MR) is 56.5 cm³/mol. The van der Waals surface area contributed by atoms with Gasteiger partial charge in [-0.2, -0.15) is 13.2 Å². The van der Waals surface area contributed by atoms with Crippen LogP contribution in [-0.4, -0.2) is 12.4 Å². The molecular formula is C12H11F3O2. The van der Waals surface area contributed by atoms with Gasteiger partial charge in [-0.05, 0) is 19.1 Å². The Bertz CT molecular complexity index is 422. The van der Waals surface area contributed by atoms with Crippen molar-refractivity contribution in [1.29, 1.82) is 0 Å². The molecule has 0 aliphatic carbocycles. The molecule has 1 aromatic carbocycles. The molecule has 0 aliphatic heterocycles. The minimum atomic E-state index is -4.44. The summed E-state index contributed by atoms with van der Waals surface area (Å²) in [5.41, 5.74) is -0.857. The van der Waals surface area contributed by atoms with Crippen molar-refractivity contribution in [3.05, 3.63) is 47.7 Å². The maximum absolute atomic E-state index is 12.4. The molecule has 0 aliphatic rings. The summed E-state index contributed by atoms with van der Waals surface area (Å²) in [6.45, 7) is 2.13. The Morgan fingerprint density at radius 1 is 1.41 bits per heavy atom. The first-order valence-corrected chi connectivity index (χ1v) is 4.95. The lowest BCUT2D eigenvalue weighted by Crippen LogP contribution is -2.06. The molecule has 0 unspecified atom stereocenters. The van der Waals surface area contributed by atoms with Crippen LogP contribution in [-0.2, 0) is 10.9 Å². The number of carbonyl (C=O) groups is 1. The van der Waals surface area contributed by atoms with E-state index >= 15 is 0 Å². The van der Waals surface area contributed by atoms with Crippen LogP contribution in [0.15, 0.2) is 36.6 Å². The van der Waals surface area contributed by atoms with E-state index in [0.29, 0.717) is 6.61 Å². The van der Waals surface area contributed by atoms with Crippen LogP contribution >= 0.6 is 0 Å². The number of hydrogen-bond donors (Lipinski definition) is 0. The van der Waals surface area contributed by atoms with Crippen LogP contribution in [0.1, 0.15) is 22.8 Å². The van der Waals surface area contributed by atoms with Crippen molar-refractivity contribution >= 4 is 5.78 Å². The molecule has 2 nitrogen and oxygen atoms in total. The standard InChI is InChI=1S/C12H11F3O2/c1-2-17-7-6-11(16)9-4-3-5-10(8-9)12(13,14)15/h3-8H,2H2,1H3/b7-6+. The number of hydrogen-bond acceptors (Lipinski definition) is 2. The van der Waals surface area contributed by atoms with Crippen molar-refractivity contribution in [3.8, 4) is 0 Å². The monoisotopic (exact) mass is 244 g/mol. The van der Waals surface area contributed by atoms with E-state index in [9.17, 15) is 18.0 Å². The number of halogens is 3. The molecule has 0 fully saturated rings. The van der Waals surface area contributed by atoms with E-state index in [-0.39, 0.29) is 5.56 Å². The molecule has 0 amide bonds. The third kappa shape index (κ3) is 3.94. The molecule has 0 bridgehead atoms. The quantitative estimate of drug-likeness (QED) is 0.460. The molecule has 0 N–H and O–H groups in total. The van der Waals surface area contributed by atoms with E-state index < -0.39 is 17.5 Å². The van der Waals surface area contributed by atoms with Crippen LogP contribution in [0.5, 0.6) is 0 Å². The fraction of sp³-hybridized carbons (Fsp3) is 0.250. The number of allylic oxidation sites excluding steroid dienone is 1. The molecule has 1 aromatic rings. The van der Waals surface area contributed by atoms with Crippen LogP contribution < -0.4 is 0 Å². The number of benzene rings is 1. The summed E-state index contributed by atoms with van der Waals surface area (Å²) in [6.07, 6.45) is -2.18. The average molecular weight is 244 g/mol. The maximum atomic E-state index is 12.4. The zero-order valence-corrected chi connectivity index (χ0v) is 9.12. The molecule has 0 saturated carbocycles. The van der Waals surface area contributed by atoms with Crippen molar-refractivity contribution in [2.24, 2.45) is 0 Å². The lowest BCUT2D eigenvalue weighted by Gasteiger charge is -2.06. The second-order valence-corrected chi connectivity index (χ2v) is 3.20. The third-order valence-corrected chi connectivity index (χ3v) is 1.96. The minimum Gasteiger partial charge on any atom is -0.501 e. The van der Waals surface area contributed by atoms with Gasteiger partial charge >= 0.3 is 6.18 Å². The second-order valence-electron chi connectivity index (χ2n) is 3.20. The van der Waals surface area contributed by atoms with Crippen LogP contribution in [0.25, 0.3) is 0 Å². The number of rotatable bonds is 4. The summed E-state index contributed by atoms with van der Waals surface area (Å²) in [5, 5.41) is 0. The molecule has 92 valence electrons. The van der Waals surface area contributed by atoms with Gasteiger partial charge in [0.25, 0.3) is 0 Å². The molecular weight excluding hydrogens is 233 g/mol. The maximum Gasteiger partial charge on any atom is 0.416 e. The van der Waals surface area contributed by atoms with Gasteiger partial charge in [-0.3, -0.25) is 4.79 Å². The van der Waals surface area contributed by atoms with Crippen LogP contribution in [0.3, 0.4) is 0 Å². The van der Waals surface area contributed by atoms with Gasteiger partial charge < -0.3 is 4.74 Å². The van der Waals surface area contributed by atoms with Gasteiger partial charge in [0.15, 0.2) is 5.78 Å². The SMILES string of the molecule is CCO/C=C/C(=O)c1cccc(C(F)(F)F)c1. The minimum absolute atomic E-state index is 0.0178. The number of ketones is 1. The van der Waals surface area contributed by atoms with Crippen molar-refractivity contribution in [2.45, 2.75) is 13.1 Å². The first-order valence-electron chi connectivity index (χ1n) is 4.95. The molecule has 1 rings (SSSR count). The normalized spacial score (nSPS) is 11.8. The first kappa shape index (κ1) is 13.3. The Kier molecular flexibility index (Phi) is 4.31. The van der Waals surface area contributed by atoms with Gasteiger partial charge in [-0.25, -0.2) is 0 Å². The third-order valence-electron chi connectivity index (χ3n) is 1.96. The average Bonchev–Trinajstić information content (AvgIpc) is 2.28. The van der Waals surface area contributed by atoms with Gasteiger partial charge in [0, 0.05) is 11.6 Å². The van der Waals surface area contributed by atoms with E-state index in [0.717, 1.165) is 18.2 Å². The molecule has 17 heavy (non-hydrogen) atoms. The molecule has 0 aromatic heterocycles. The molecule has 0 heterocycles. The van der Waals surface area contributed by atoms with Crippen LogP contribution in [0.4, 0.5) is 13.2 Å². The summed E-state index contributed by atoms with van der Waals surface area (Å²) in [6, 6.07) is 4.26. The lowest BCUT2D eigenvalue weighted by atomic mass is 10.1. The second kappa shape index (κ2) is 5.52. The van der Waals surface area contributed by atoms with Gasteiger partial charge in [-0.15, -0.1) is 0 Å². The largest absolute Gasteiger partial charge is 0.501 e. The summed E-state index contributed by atoms with van der Waals surface area (Å²) in [4.78, 5) is 11.5. The van der Waals surface area contributed by atoms with Gasteiger partial charge in [-0.1, -0.05) is 12.1 Å². The van der Waals surface area contributed by atoms with Gasteiger partial charge in [0.05, 0.1) is 18.4 Å². The first-order chi connectivity index (χ1) is 7.95. The Morgan fingerprint density at radius 2 is 2.12 bits per heavy atom. The predicted octanol–water partition coefficient (Wildman–Crippen LogP) is 3.44. The lowest BCUT2D eigenvalue weighted by molar-refractivity contribution is -0.137. The van der Waals surface area contributed by atoms with Crippen molar-refractivity contribution in [1.82, 2.24) is 0 Å². The van der Waals surface area contributed by atoms with E-state index in [1.54, 1.807) is 6.92 Å². The molecule has 0 radical (unpaired) electrons. The Hall–Kier alpha value is -1.78. The van der Waals surface area contributed by atoms with E-state index in [1.165, 1.54) is 18.4 Å². The Labute approximate surface area is 96.7 Å². The Morgan fingerprint density at radius 3 is 2.71 bits per heavy atom. The summed E-state index contributed by atoms with van der Waals surface area (Å²) >= 11 is 0. The zero-order valence-electron chi connectivity index (χ0n) is 9.12. The number of carbonyl (C=O) groups excluding carboxylic acids is 1. The van der Waals surface area contributed by atoms with E-state index in [2.05, 4.69) is 0 Å². The zero-order chi connectivity index (χ0) is 12.9. The fourth-order valence-electron chi connectivity index (χ4n) is 1.15. The van der Waals surface area contributed by atoms with Crippen molar-refractivity contribution in [3.63, 3.8) is 0 Å². The smallest absolute Gasteiger partial charge is 0.416 e. The molecule has 5 heteroatoms. The number of alkyl halides is 3. The van der Waals surface area contributed by atoms with Crippen LogP contribution in [0, 0.1) is 0 Å². The van der Waals surface area contributed by atoms with E-state index in [1.807, 2.05) is 0 Å². The highest BCUT2D eigenvalue weighted by Crippen LogP contribution is 2.29. The van der Waals surface area contributed by atoms with Gasteiger partial charge in [0.2, 0.25) is 0 Å². The van der Waals surface area contributed by atoms with Crippen LogP contribution in [0.2, 0.25) is 0 Å². The van der Waals surface area contributed by atoms with Gasteiger partial charge in [0.1, 0.15) is 0 Å². The highest BCUT2D eigenvalue weighted by molar-refractivity contribution is 6.04. The highest BCUT2D eigenvalue weighted by atomic mass is 19.4. The molecule has 0 saturated heterocycles. The summed E-state index contributed by atoms with van der Waals surface area (Å²) < 4.78 is 42.0. The highest BCUT2D eigenvalue weighted by Gasteiger charge is 2.30.